The van der Waals surface area contributed by atoms with Crippen LogP contribution >= 0.6 is 0 Å². The van der Waals surface area contributed by atoms with Crippen molar-refractivity contribution in [1.82, 2.24) is 4.57 Å². The van der Waals surface area contributed by atoms with E-state index in [1.807, 2.05) is 31.2 Å². The van der Waals surface area contributed by atoms with Crippen molar-refractivity contribution < 1.29 is 4.42 Å². The van der Waals surface area contributed by atoms with Crippen molar-refractivity contribution in [1.29, 1.82) is 0 Å². The number of rotatable bonds is 6. The second-order valence-corrected chi connectivity index (χ2v) is 20.9. The third-order valence-electron chi connectivity index (χ3n) is 16.9. The van der Waals surface area contributed by atoms with Crippen LogP contribution in [0.25, 0.3) is 66.8 Å². The van der Waals surface area contributed by atoms with Gasteiger partial charge in [0.25, 0.3) is 0 Å². The summed E-state index contributed by atoms with van der Waals surface area (Å²) < 4.78 is 9.41. The van der Waals surface area contributed by atoms with Crippen LogP contribution in [0.2, 0.25) is 0 Å². The second-order valence-electron chi connectivity index (χ2n) is 20.9. The number of hydrogen-bond donors (Lipinski definition) is 1. The minimum Gasteiger partial charge on any atom is -0.460 e. The Morgan fingerprint density at radius 1 is 0.500 bits per heavy atom. The first-order chi connectivity index (χ1) is 38.2. The van der Waals surface area contributed by atoms with E-state index in [-0.39, 0.29) is 33.2 Å². The Hall–Kier alpha value is -9.00. The Bertz CT molecular complexity index is 4360. The lowest BCUT2D eigenvalue weighted by Gasteiger charge is -2.46. The molecule has 0 amide bonds. The number of nitrogens with zero attached hydrogens (tertiary/aromatic N) is 3. The van der Waals surface area contributed by atoms with Crippen LogP contribution in [0, 0.1) is 0 Å². The van der Waals surface area contributed by atoms with Gasteiger partial charge in [-0.25, -0.2) is 0 Å². The van der Waals surface area contributed by atoms with Crippen molar-refractivity contribution in [2.75, 3.05) is 9.80 Å². The molecule has 3 atom stereocenters. The summed E-state index contributed by atoms with van der Waals surface area (Å²) in [7, 11) is 34.3. The molecule has 3 aliphatic heterocycles. The Labute approximate surface area is 460 Å². The van der Waals surface area contributed by atoms with Crippen LogP contribution in [0.1, 0.15) is 46.4 Å². The molecule has 11 aromatic rings. The molecule has 2 N–H and O–H groups in total. The summed E-state index contributed by atoms with van der Waals surface area (Å²) in [5, 5.41) is 2.14. The number of benzene rings is 9. The molecule has 0 fully saturated rings. The van der Waals surface area contributed by atoms with Crippen molar-refractivity contribution in [2.24, 2.45) is 5.73 Å². The third-order valence-corrected chi connectivity index (χ3v) is 16.9. The van der Waals surface area contributed by atoms with E-state index in [9.17, 15) is 0 Å². The van der Waals surface area contributed by atoms with Gasteiger partial charge in [0.15, 0.2) is 0 Å². The van der Waals surface area contributed by atoms with Crippen LogP contribution < -0.4 is 42.8 Å². The largest absolute Gasteiger partial charge is 0.460 e. The first-order valence-electron chi connectivity index (χ1n) is 26.3. The van der Waals surface area contributed by atoms with Gasteiger partial charge in [0.05, 0.1) is 39.4 Å². The highest BCUT2D eigenvalue weighted by molar-refractivity contribution is 6.68. The highest BCUT2D eigenvalue weighted by Gasteiger charge is 2.63. The zero-order chi connectivity index (χ0) is 52.7. The van der Waals surface area contributed by atoms with Crippen LogP contribution in [-0.4, -0.2) is 50.0 Å². The molecule has 78 heavy (non-hydrogen) atoms. The van der Waals surface area contributed by atoms with Gasteiger partial charge < -0.3 is 20.0 Å². The molecule has 4 aliphatic rings. The maximum atomic E-state index is 7.71. The van der Waals surface area contributed by atoms with E-state index in [1.54, 1.807) is 0 Å². The molecule has 3 unspecified atom stereocenters. The smallest absolute Gasteiger partial charge is 0.134 e. The molecule has 15 rings (SSSR count). The van der Waals surface area contributed by atoms with Gasteiger partial charge in [0.2, 0.25) is 0 Å². The summed E-state index contributed by atoms with van der Waals surface area (Å²) in [6.07, 6.45) is 6.11. The van der Waals surface area contributed by atoms with Crippen LogP contribution in [-0.2, 0) is 5.41 Å². The maximum Gasteiger partial charge on any atom is 0.134 e. The maximum absolute atomic E-state index is 7.71. The van der Waals surface area contributed by atoms with Gasteiger partial charge in [-0.2, -0.15) is 0 Å². The van der Waals surface area contributed by atoms with Gasteiger partial charge in [-0.3, -0.25) is 4.57 Å². The van der Waals surface area contributed by atoms with E-state index in [0.717, 1.165) is 112 Å². The fourth-order valence-corrected chi connectivity index (χ4v) is 13.6. The number of fused-ring (bicyclic) bond motifs is 7. The standard InChI is InChI=1S/C68H43B5N4O/c1-38-37-55(74)76-49-27-12-11-23-45(49)46-31-32-48-56(54-34-33-53(78-54)41-21-9-4-10-22-41)47-26-16-30-52-58(47)68(59(48)66(46)76,36-35-42(38)57-60(69)62(71)64(73)63(72)61(57)70)67-75(52)50-28-13-14-29-51(50)77(67)65-43(39-17-5-2-6-18-39)24-15-25-44(65)40-19-7-3-8-20-40/h2-37,56,67H,74H2,1H3/b36-35?,42-38?,55-37+. The SMILES string of the molecule is [B]c1c([B])c([B])c(C2=C(C)/C=C(\N)n3c4ccccc4c4ccc5c(c43)C3(C=C2)c2c(cccc2N2c4ccccc4N(c4c(-c6ccccc6)cccc4-c4ccccc4)C23)C5c2ccc(-c3ccccc3)o2)c([B])c1[B]. The Balaban J connectivity index is 1.15. The predicted molar refractivity (Wildman–Crippen MR) is 327 cm³/mol. The molecule has 5 heterocycles. The van der Waals surface area contributed by atoms with E-state index in [2.05, 4.69) is 209 Å². The summed E-state index contributed by atoms with van der Waals surface area (Å²) >= 11 is 0. The Morgan fingerprint density at radius 2 is 1.06 bits per heavy atom. The van der Waals surface area contributed by atoms with Crippen LogP contribution in [0.15, 0.2) is 228 Å². The van der Waals surface area contributed by atoms with Gasteiger partial charge >= 0.3 is 0 Å². The van der Waals surface area contributed by atoms with Crippen LogP contribution in [0.4, 0.5) is 22.7 Å². The fraction of sp³-hybridized carbons (Fsp3) is 0.0588. The molecule has 0 saturated carbocycles. The number of furan rings is 1. The second kappa shape index (κ2) is 17.3. The molecule has 0 bridgehead atoms. The third kappa shape index (κ3) is 6.31. The van der Waals surface area contributed by atoms with Gasteiger partial charge in [-0.05, 0) is 99.5 Å². The van der Waals surface area contributed by atoms with Gasteiger partial charge in [-0.1, -0.05) is 187 Å². The first-order valence-corrected chi connectivity index (χ1v) is 26.3. The molecule has 5 nitrogen and oxygen atoms in total. The minimum atomic E-state index is -1.05. The molecule has 10 radical (unpaired) electrons. The van der Waals surface area contributed by atoms with Gasteiger partial charge in [0.1, 0.15) is 62.7 Å². The monoisotopic (exact) mass is 986 g/mol. The average molecular weight is 986 g/mol. The van der Waals surface area contributed by atoms with Crippen molar-refractivity contribution in [3.05, 3.63) is 258 Å². The normalized spacial score (nSPS) is 18.5. The van der Waals surface area contributed by atoms with Crippen molar-refractivity contribution in [2.45, 2.75) is 24.4 Å². The van der Waals surface area contributed by atoms with Crippen LogP contribution in [0.5, 0.6) is 0 Å². The highest BCUT2D eigenvalue weighted by atomic mass is 16.3. The first kappa shape index (κ1) is 46.3. The van der Waals surface area contributed by atoms with Crippen LogP contribution in [0.3, 0.4) is 0 Å². The molecule has 1 aliphatic carbocycles. The predicted octanol–water partition coefficient (Wildman–Crippen LogP) is 10.6. The lowest BCUT2D eigenvalue weighted by molar-refractivity contribution is 0.487. The summed E-state index contributed by atoms with van der Waals surface area (Å²) in [6.45, 7) is 2.03. The highest BCUT2D eigenvalue weighted by Crippen LogP contribution is 2.68. The van der Waals surface area contributed by atoms with E-state index in [1.165, 1.54) is 0 Å². The van der Waals surface area contributed by atoms with Crippen molar-refractivity contribution >= 4 is 122 Å². The number of hydrogen-bond acceptors (Lipinski definition) is 4. The van der Waals surface area contributed by atoms with E-state index in [4.69, 9.17) is 49.4 Å². The minimum absolute atomic E-state index is 0.145. The summed E-state index contributed by atoms with van der Waals surface area (Å²) in [5.41, 5.74) is 25.6. The number of allylic oxidation sites excluding steroid dienone is 4. The van der Waals surface area contributed by atoms with E-state index < -0.39 is 11.6 Å². The molecule has 9 aromatic carbocycles. The Morgan fingerprint density at radius 3 is 1.74 bits per heavy atom. The number of aromatic nitrogens is 1. The lowest BCUT2D eigenvalue weighted by atomic mass is 9.59. The molecule has 2 aromatic heterocycles. The van der Waals surface area contributed by atoms with E-state index in [0.29, 0.717) is 17.0 Å². The summed E-state index contributed by atoms with van der Waals surface area (Å²) in [6, 6.07) is 71.5. The van der Waals surface area contributed by atoms with E-state index >= 15 is 0 Å². The molecule has 10 heteroatoms. The molecule has 0 saturated heterocycles. The quantitative estimate of drug-likeness (QED) is 0.169. The number of nitrogens with two attached hydrogens (primary N) is 1. The molecule has 356 valence electrons. The zero-order valence-corrected chi connectivity index (χ0v) is 42.7. The molecular weight excluding hydrogens is 943 g/mol. The van der Waals surface area contributed by atoms with Gasteiger partial charge in [0, 0.05) is 33.2 Å². The summed E-state index contributed by atoms with van der Waals surface area (Å²) in [4.78, 5) is 5.20. The number of para-hydroxylation sites is 4. The van der Waals surface area contributed by atoms with Crippen molar-refractivity contribution in [3.8, 4) is 33.6 Å². The zero-order valence-electron chi connectivity index (χ0n) is 42.7. The topological polar surface area (TPSA) is 50.6 Å². The molecule has 1 spiro atoms. The fourth-order valence-electron chi connectivity index (χ4n) is 13.6. The molecular formula is C68H43B5N4O. The Kier molecular flexibility index (Phi) is 10.2. The van der Waals surface area contributed by atoms with Crippen molar-refractivity contribution in [3.63, 3.8) is 0 Å². The average Bonchev–Trinajstić information content (AvgIpc) is 4.45. The van der Waals surface area contributed by atoms with Gasteiger partial charge in [-0.15, -0.1) is 16.4 Å². The number of anilines is 4. The lowest BCUT2D eigenvalue weighted by Crippen LogP contribution is -2.56. The summed E-state index contributed by atoms with van der Waals surface area (Å²) in [5.74, 6) is 1.78.